The van der Waals surface area contributed by atoms with E-state index in [0.29, 0.717) is 4.90 Å². The van der Waals surface area contributed by atoms with Crippen LogP contribution in [0.15, 0.2) is 56.7 Å². The molecule has 2 aromatic rings. The first-order valence-electron chi connectivity index (χ1n) is 5.90. The van der Waals surface area contributed by atoms with E-state index >= 15 is 0 Å². The Morgan fingerprint density at radius 3 is 2.38 bits per heavy atom. The SMILES string of the molecule is COC(=O)c1ccc(Sc2ccc(Br)cc2)c(C(=O)O)c1. The third kappa shape index (κ3) is 3.86. The lowest BCUT2D eigenvalue weighted by Gasteiger charge is -2.08. The van der Waals surface area contributed by atoms with E-state index < -0.39 is 11.9 Å². The molecule has 6 heteroatoms. The van der Waals surface area contributed by atoms with Crippen LogP contribution in [0, 0.1) is 0 Å². The zero-order chi connectivity index (χ0) is 15.4. The molecule has 0 aromatic heterocycles. The van der Waals surface area contributed by atoms with Crippen LogP contribution in [0.1, 0.15) is 20.7 Å². The topological polar surface area (TPSA) is 63.6 Å². The van der Waals surface area contributed by atoms with Crippen LogP contribution in [0.2, 0.25) is 0 Å². The molecule has 0 spiro atoms. The standard InChI is InChI=1S/C15H11BrO4S/c1-20-15(19)9-2-7-13(12(8-9)14(17)18)21-11-5-3-10(16)4-6-11/h2-8H,1H3,(H,17,18). The normalized spacial score (nSPS) is 10.2. The number of halogens is 1. The Morgan fingerprint density at radius 2 is 1.81 bits per heavy atom. The maximum atomic E-state index is 11.5. The van der Waals surface area contributed by atoms with Crippen LogP contribution in [0.4, 0.5) is 0 Å². The minimum Gasteiger partial charge on any atom is -0.478 e. The highest BCUT2D eigenvalue weighted by Crippen LogP contribution is 2.32. The summed E-state index contributed by atoms with van der Waals surface area (Å²) in [5.41, 5.74) is 0.292. The minimum atomic E-state index is -1.08. The predicted octanol–water partition coefficient (Wildman–Crippen LogP) is 4.09. The second-order valence-electron chi connectivity index (χ2n) is 4.06. The summed E-state index contributed by atoms with van der Waals surface area (Å²) in [4.78, 5) is 24.3. The van der Waals surface area contributed by atoms with E-state index in [4.69, 9.17) is 0 Å². The number of rotatable bonds is 4. The van der Waals surface area contributed by atoms with E-state index in [-0.39, 0.29) is 11.1 Å². The van der Waals surface area contributed by atoms with Crippen LogP contribution in [-0.2, 0) is 4.74 Å². The molecule has 0 bridgehead atoms. The summed E-state index contributed by atoms with van der Waals surface area (Å²) in [5, 5.41) is 9.29. The number of carbonyl (C=O) groups is 2. The number of carboxylic acid groups (broad SMARTS) is 1. The zero-order valence-corrected chi connectivity index (χ0v) is 13.4. The molecule has 2 rings (SSSR count). The van der Waals surface area contributed by atoms with Crippen molar-refractivity contribution in [3.05, 3.63) is 58.1 Å². The highest BCUT2D eigenvalue weighted by Gasteiger charge is 2.15. The average molecular weight is 367 g/mol. The highest BCUT2D eigenvalue weighted by atomic mass is 79.9. The van der Waals surface area contributed by atoms with Gasteiger partial charge in [-0.15, -0.1) is 0 Å². The number of methoxy groups -OCH3 is 1. The second kappa shape index (κ2) is 6.78. The van der Waals surface area contributed by atoms with Gasteiger partial charge in [0.25, 0.3) is 0 Å². The molecular formula is C15H11BrO4S. The van der Waals surface area contributed by atoms with Gasteiger partial charge in [-0.05, 0) is 42.5 Å². The number of esters is 1. The molecule has 0 heterocycles. The van der Waals surface area contributed by atoms with E-state index in [1.807, 2.05) is 24.3 Å². The largest absolute Gasteiger partial charge is 0.478 e. The summed E-state index contributed by atoms with van der Waals surface area (Å²) in [6.45, 7) is 0. The molecule has 2 aromatic carbocycles. The van der Waals surface area contributed by atoms with Crippen molar-refractivity contribution in [1.82, 2.24) is 0 Å². The van der Waals surface area contributed by atoms with E-state index in [0.717, 1.165) is 9.37 Å². The van der Waals surface area contributed by atoms with Gasteiger partial charge in [-0.1, -0.05) is 27.7 Å². The Balaban J connectivity index is 2.36. The van der Waals surface area contributed by atoms with Gasteiger partial charge in [0.15, 0.2) is 0 Å². The summed E-state index contributed by atoms with van der Waals surface area (Å²) in [5.74, 6) is -1.64. The Labute approximate surface area is 134 Å². The van der Waals surface area contributed by atoms with Gasteiger partial charge >= 0.3 is 11.9 Å². The summed E-state index contributed by atoms with van der Waals surface area (Å²) in [7, 11) is 1.26. The van der Waals surface area contributed by atoms with Gasteiger partial charge in [-0.2, -0.15) is 0 Å². The molecule has 0 fully saturated rings. The molecule has 0 amide bonds. The monoisotopic (exact) mass is 366 g/mol. The smallest absolute Gasteiger partial charge is 0.337 e. The fraction of sp³-hybridized carbons (Fsp3) is 0.0667. The number of benzene rings is 2. The van der Waals surface area contributed by atoms with E-state index in [1.54, 1.807) is 12.1 Å². The first kappa shape index (κ1) is 15.6. The molecule has 0 unspecified atom stereocenters. The molecule has 0 atom stereocenters. The number of aromatic carboxylic acids is 1. The van der Waals surface area contributed by atoms with Crippen LogP contribution in [0.3, 0.4) is 0 Å². The first-order chi connectivity index (χ1) is 10.0. The first-order valence-corrected chi connectivity index (χ1v) is 7.51. The molecule has 21 heavy (non-hydrogen) atoms. The number of hydrogen-bond donors (Lipinski definition) is 1. The van der Waals surface area contributed by atoms with Gasteiger partial charge in [-0.25, -0.2) is 9.59 Å². The second-order valence-corrected chi connectivity index (χ2v) is 6.09. The molecule has 0 radical (unpaired) electrons. The van der Waals surface area contributed by atoms with Crippen LogP contribution >= 0.6 is 27.7 Å². The lowest BCUT2D eigenvalue weighted by Crippen LogP contribution is -2.05. The molecule has 1 N–H and O–H groups in total. The van der Waals surface area contributed by atoms with Gasteiger partial charge in [0.05, 0.1) is 18.2 Å². The van der Waals surface area contributed by atoms with Crippen molar-refractivity contribution in [2.45, 2.75) is 9.79 Å². The third-order valence-corrected chi connectivity index (χ3v) is 4.28. The van der Waals surface area contributed by atoms with Crippen molar-refractivity contribution in [2.24, 2.45) is 0 Å². The molecule has 108 valence electrons. The number of carbonyl (C=O) groups excluding carboxylic acids is 1. The lowest BCUT2D eigenvalue weighted by molar-refractivity contribution is 0.0600. The van der Waals surface area contributed by atoms with Gasteiger partial charge in [-0.3, -0.25) is 0 Å². The molecule has 0 aliphatic rings. The molecular weight excluding hydrogens is 356 g/mol. The fourth-order valence-corrected chi connectivity index (χ4v) is 2.84. The van der Waals surface area contributed by atoms with Crippen LogP contribution < -0.4 is 0 Å². The van der Waals surface area contributed by atoms with E-state index in [2.05, 4.69) is 20.7 Å². The van der Waals surface area contributed by atoms with Crippen LogP contribution in [-0.4, -0.2) is 24.2 Å². The summed E-state index contributed by atoms with van der Waals surface area (Å²) >= 11 is 4.67. The Morgan fingerprint density at radius 1 is 1.14 bits per heavy atom. The maximum absolute atomic E-state index is 11.5. The molecule has 0 aliphatic heterocycles. The van der Waals surface area contributed by atoms with Crippen molar-refractivity contribution >= 4 is 39.6 Å². The van der Waals surface area contributed by atoms with Crippen LogP contribution in [0.5, 0.6) is 0 Å². The van der Waals surface area contributed by atoms with Crippen molar-refractivity contribution in [3.8, 4) is 0 Å². The molecule has 0 aliphatic carbocycles. The van der Waals surface area contributed by atoms with Crippen molar-refractivity contribution in [2.75, 3.05) is 7.11 Å². The van der Waals surface area contributed by atoms with E-state index in [9.17, 15) is 14.7 Å². The maximum Gasteiger partial charge on any atom is 0.337 e. The molecule has 4 nitrogen and oxygen atoms in total. The number of hydrogen-bond acceptors (Lipinski definition) is 4. The number of ether oxygens (including phenoxy) is 1. The Kier molecular flexibility index (Phi) is 5.03. The fourth-order valence-electron chi connectivity index (χ4n) is 1.66. The molecule has 0 saturated carbocycles. The highest BCUT2D eigenvalue weighted by molar-refractivity contribution is 9.10. The summed E-state index contributed by atoms with van der Waals surface area (Å²) in [6, 6.07) is 12.0. The van der Waals surface area contributed by atoms with Crippen molar-refractivity contribution in [1.29, 1.82) is 0 Å². The summed E-state index contributed by atoms with van der Waals surface area (Å²) in [6.07, 6.45) is 0. The van der Waals surface area contributed by atoms with Crippen molar-refractivity contribution < 1.29 is 19.4 Å². The average Bonchev–Trinajstić information content (AvgIpc) is 2.49. The van der Waals surface area contributed by atoms with Gasteiger partial charge in [0.1, 0.15) is 0 Å². The quantitative estimate of drug-likeness (QED) is 0.825. The lowest BCUT2D eigenvalue weighted by atomic mass is 10.1. The Bertz CT molecular complexity index is 683. The Hall–Kier alpha value is -1.79. The zero-order valence-electron chi connectivity index (χ0n) is 11.0. The van der Waals surface area contributed by atoms with Gasteiger partial charge in [0, 0.05) is 14.3 Å². The van der Waals surface area contributed by atoms with Gasteiger partial charge < -0.3 is 9.84 Å². The predicted molar refractivity (Wildman–Crippen MR) is 83.0 cm³/mol. The van der Waals surface area contributed by atoms with Crippen molar-refractivity contribution in [3.63, 3.8) is 0 Å². The minimum absolute atomic E-state index is 0.0748. The molecule has 0 saturated heterocycles. The number of carboxylic acids is 1. The van der Waals surface area contributed by atoms with E-state index in [1.165, 1.54) is 24.9 Å². The van der Waals surface area contributed by atoms with Gasteiger partial charge in [0.2, 0.25) is 0 Å². The van der Waals surface area contributed by atoms with Crippen LogP contribution in [0.25, 0.3) is 0 Å². The summed E-state index contributed by atoms with van der Waals surface area (Å²) < 4.78 is 5.55. The third-order valence-electron chi connectivity index (χ3n) is 2.67.